The lowest BCUT2D eigenvalue weighted by atomic mass is 10.2. The number of carbonyl (C=O) groups excluding carboxylic acids is 1. The maximum atomic E-state index is 12.0. The molecule has 0 radical (unpaired) electrons. The van der Waals surface area contributed by atoms with Crippen molar-refractivity contribution >= 4 is 23.1 Å². The van der Waals surface area contributed by atoms with Gasteiger partial charge in [-0.05, 0) is 41.4 Å². The van der Waals surface area contributed by atoms with Gasteiger partial charge in [0.15, 0.2) is 0 Å². The summed E-state index contributed by atoms with van der Waals surface area (Å²) < 4.78 is 10.4. The molecule has 0 fully saturated rings. The van der Waals surface area contributed by atoms with Crippen molar-refractivity contribution in [3.05, 3.63) is 46.7 Å². The molecule has 1 heterocycles. The standard InChI is InChI=1S/C16H20N2O3S/c1-12(13-6-9-22-11-13)17-16(19)18-14-4-3-5-15(10-14)21-8-7-20-2/h3-6,9-12H,7-8H2,1-2H3,(H2,17,18,19)/t12-/m1/s1. The van der Waals surface area contributed by atoms with Crippen LogP contribution in [-0.4, -0.2) is 26.4 Å². The van der Waals surface area contributed by atoms with E-state index >= 15 is 0 Å². The van der Waals surface area contributed by atoms with Crippen LogP contribution in [0.3, 0.4) is 0 Å². The zero-order valence-corrected chi connectivity index (χ0v) is 13.5. The van der Waals surface area contributed by atoms with E-state index < -0.39 is 0 Å². The summed E-state index contributed by atoms with van der Waals surface area (Å²) in [5.74, 6) is 0.695. The van der Waals surface area contributed by atoms with Crippen molar-refractivity contribution < 1.29 is 14.3 Å². The third-order valence-electron chi connectivity index (χ3n) is 3.04. The maximum Gasteiger partial charge on any atom is 0.319 e. The van der Waals surface area contributed by atoms with Crippen LogP contribution in [0, 0.1) is 0 Å². The second-order valence-corrected chi connectivity index (χ2v) is 5.53. The highest BCUT2D eigenvalue weighted by Gasteiger charge is 2.10. The molecular formula is C16H20N2O3S. The lowest BCUT2D eigenvalue weighted by Crippen LogP contribution is -2.30. The van der Waals surface area contributed by atoms with Crippen molar-refractivity contribution in [2.45, 2.75) is 13.0 Å². The van der Waals surface area contributed by atoms with Crippen LogP contribution in [0.2, 0.25) is 0 Å². The monoisotopic (exact) mass is 320 g/mol. The Morgan fingerprint density at radius 3 is 2.91 bits per heavy atom. The second kappa shape index (κ2) is 8.41. The number of urea groups is 1. The lowest BCUT2D eigenvalue weighted by Gasteiger charge is -2.14. The van der Waals surface area contributed by atoms with Gasteiger partial charge in [0.2, 0.25) is 0 Å². The van der Waals surface area contributed by atoms with Gasteiger partial charge in [0, 0.05) is 18.9 Å². The molecule has 0 aliphatic heterocycles. The first-order chi connectivity index (χ1) is 10.7. The Labute approximate surface area is 134 Å². The predicted molar refractivity (Wildman–Crippen MR) is 88.7 cm³/mol. The van der Waals surface area contributed by atoms with Gasteiger partial charge in [-0.1, -0.05) is 6.07 Å². The van der Waals surface area contributed by atoms with Crippen molar-refractivity contribution in [1.29, 1.82) is 0 Å². The highest BCUT2D eigenvalue weighted by atomic mass is 32.1. The van der Waals surface area contributed by atoms with Crippen LogP contribution in [-0.2, 0) is 4.74 Å². The van der Waals surface area contributed by atoms with Crippen LogP contribution in [0.4, 0.5) is 10.5 Å². The third-order valence-corrected chi connectivity index (χ3v) is 3.74. The SMILES string of the molecule is COCCOc1cccc(NC(=O)N[C@H](C)c2ccsc2)c1. The summed E-state index contributed by atoms with van der Waals surface area (Å²) in [6.45, 7) is 2.95. The van der Waals surface area contributed by atoms with E-state index in [0.717, 1.165) is 5.56 Å². The van der Waals surface area contributed by atoms with Crippen molar-refractivity contribution in [3.63, 3.8) is 0 Å². The Morgan fingerprint density at radius 2 is 2.18 bits per heavy atom. The molecule has 0 unspecified atom stereocenters. The number of methoxy groups -OCH3 is 1. The van der Waals surface area contributed by atoms with Crippen LogP contribution in [0.5, 0.6) is 5.75 Å². The molecule has 5 nitrogen and oxygen atoms in total. The molecular weight excluding hydrogens is 300 g/mol. The van der Waals surface area contributed by atoms with Crippen molar-refractivity contribution in [2.24, 2.45) is 0 Å². The highest BCUT2D eigenvalue weighted by molar-refractivity contribution is 7.07. The molecule has 0 aliphatic carbocycles. The highest BCUT2D eigenvalue weighted by Crippen LogP contribution is 2.18. The van der Waals surface area contributed by atoms with Crippen LogP contribution in [0.1, 0.15) is 18.5 Å². The minimum absolute atomic E-state index is 0.0348. The van der Waals surface area contributed by atoms with Gasteiger partial charge in [0.25, 0.3) is 0 Å². The first kappa shape index (κ1) is 16.3. The molecule has 2 N–H and O–H groups in total. The molecule has 2 aromatic rings. The molecule has 0 spiro atoms. The number of amides is 2. The fourth-order valence-electron chi connectivity index (χ4n) is 1.88. The van der Waals surface area contributed by atoms with E-state index in [1.165, 1.54) is 0 Å². The number of hydrogen-bond acceptors (Lipinski definition) is 4. The van der Waals surface area contributed by atoms with Crippen LogP contribution in [0.25, 0.3) is 0 Å². The Morgan fingerprint density at radius 1 is 1.32 bits per heavy atom. The Kier molecular flexibility index (Phi) is 6.24. The molecule has 118 valence electrons. The molecule has 1 aromatic heterocycles. The summed E-state index contributed by atoms with van der Waals surface area (Å²) in [6.07, 6.45) is 0. The van der Waals surface area contributed by atoms with Gasteiger partial charge in [0.1, 0.15) is 12.4 Å². The molecule has 2 rings (SSSR count). The van der Waals surface area contributed by atoms with Gasteiger partial charge in [-0.15, -0.1) is 0 Å². The van der Waals surface area contributed by atoms with Crippen molar-refractivity contribution in [1.82, 2.24) is 5.32 Å². The van der Waals surface area contributed by atoms with Crippen LogP contribution in [0.15, 0.2) is 41.1 Å². The maximum absolute atomic E-state index is 12.0. The lowest BCUT2D eigenvalue weighted by molar-refractivity contribution is 0.146. The largest absolute Gasteiger partial charge is 0.491 e. The van der Waals surface area contributed by atoms with Gasteiger partial charge in [-0.25, -0.2) is 4.79 Å². The van der Waals surface area contributed by atoms with Gasteiger partial charge in [-0.2, -0.15) is 11.3 Å². The molecule has 1 aromatic carbocycles. The van der Waals surface area contributed by atoms with E-state index in [0.29, 0.717) is 24.7 Å². The van der Waals surface area contributed by atoms with E-state index in [1.807, 2.05) is 41.9 Å². The number of ether oxygens (including phenoxy) is 2. The van der Waals surface area contributed by atoms with Crippen molar-refractivity contribution in [2.75, 3.05) is 25.6 Å². The fourth-order valence-corrected chi connectivity index (χ4v) is 2.63. The Balaban J connectivity index is 1.87. The summed E-state index contributed by atoms with van der Waals surface area (Å²) in [5.41, 5.74) is 1.78. The number of hydrogen-bond donors (Lipinski definition) is 2. The van der Waals surface area contributed by atoms with Gasteiger partial charge in [-0.3, -0.25) is 0 Å². The topological polar surface area (TPSA) is 59.6 Å². The number of benzene rings is 1. The summed E-state index contributed by atoms with van der Waals surface area (Å²) in [4.78, 5) is 12.0. The predicted octanol–water partition coefficient (Wildman–Crippen LogP) is 3.66. The number of thiophene rings is 1. The van der Waals surface area contributed by atoms with Gasteiger partial charge >= 0.3 is 6.03 Å². The number of carbonyl (C=O) groups is 1. The average Bonchev–Trinajstić information content (AvgIpc) is 3.02. The zero-order valence-electron chi connectivity index (χ0n) is 12.7. The first-order valence-electron chi connectivity index (χ1n) is 7.00. The molecule has 2 amide bonds. The van der Waals surface area contributed by atoms with Gasteiger partial charge in [0.05, 0.1) is 12.6 Å². The average molecular weight is 320 g/mol. The van der Waals surface area contributed by atoms with E-state index in [1.54, 1.807) is 24.5 Å². The number of anilines is 1. The summed E-state index contributed by atoms with van der Waals surface area (Å²) in [6, 6.07) is 9.00. The second-order valence-electron chi connectivity index (χ2n) is 4.75. The smallest absolute Gasteiger partial charge is 0.319 e. The minimum atomic E-state index is -0.243. The first-order valence-corrected chi connectivity index (χ1v) is 7.94. The summed E-state index contributed by atoms with van der Waals surface area (Å²) >= 11 is 1.61. The Bertz CT molecular complexity index is 587. The summed E-state index contributed by atoms with van der Waals surface area (Å²) in [5, 5.41) is 9.72. The van der Waals surface area contributed by atoms with E-state index in [2.05, 4.69) is 10.6 Å². The molecule has 22 heavy (non-hydrogen) atoms. The van der Waals surface area contributed by atoms with E-state index in [4.69, 9.17) is 9.47 Å². The van der Waals surface area contributed by atoms with E-state index in [-0.39, 0.29) is 12.1 Å². The molecule has 0 bridgehead atoms. The van der Waals surface area contributed by atoms with Gasteiger partial charge < -0.3 is 20.1 Å². The normalized spacial score (nSPS) is 11.7. The van der Waals surface area contributed by atoms with Crippen LogP contribution >= 0.6 is 11.3 Å². The zero-order chi connectivity index (χ0) is 15.8. The molecule has 0 aliphatic rings. The molecule has 0 saturated heterocycles. The van der Waals surface area contributed by atoms with Crippen LogP contribution < -0.4 is 15.4 Å². The quantitative estimate of drug-likeness (QED) is 0.766. The minimum Gasteiger partial charge on any atom is -0.491 e. The number of rotatable bonds is 7. The molecule has 0 saturated carbocycles. The molecule has 1 atom stereocenters. The fraction of sp³-hybridized carbons (Fsp3) is 0.312. The number of nitrogens with one attached hydrogen (secondary N) is 2. The summed E-state index contributed by atoms with van der Waals surface area (Å²) in [7, 11) is 1.63. The molecule has 6 heteroatoms. The third kappa shape index (κ3) is 5.05. The van der Waals surface area contributed by atoms with Crippen molar-refractivity contribution in [3.8, 4) is 5.75 Å². The Hall–Kier alpha value is -2.05. The van der Waals surface area contributed by atoms with E-state index in [9.17, 15) is 4.79 Å².